The van der Waals surface area contributed by atoms with E-state index < -0.39 is 0 Å². The van der Waals surface area contributed by atoms with E-state index in [1.807, 2.05) is 26.0 Å². The van der Waals surface area contributed by atoms with Crippen LogP contribution in [0.25, 0.3) is 0 Å². The maximum absolute atomic E-state index is 12.8. The number of nitrogens with one attached hydrogen (secondary N) is 1. The smallest absolute Gasteiger partial charge is 0.256 e. The Kier molecular flexibility index (Phi) is 5.81. The summed E-state index contributed by atoms with van der Waals surface area (Å²) in [5, 5.41) is 7.05. The number of likely N-dealkylation sites (tertiary alicyclic amines) is 1. The lowest BCUT2D eigenvalue weighted by Crippen LogP contribution is -2.42. The summed E-state index contributed by atoms with van der Waals surface area (Å²) in [6.07, 6.45) is 4.04. The molecule has 1 saturated heterocycles. The molecular weight excluding hydrogens is 330 g/mol. The van der Waals surface area contributed by atoms with Gasteiger partial charge in [0.2, 0.25) is 0 Å². The number of carbonyl (C=O) groups excluding carboxylic acids is 1. The van der Waals surface area contributed by atoms with Gasteiger partial charge >= 0.3 is 0 Å². The summed E-state index contributed by atoms with van der Waals surface area (Å²) in [6.45, 7) is 10.6. The number of rotatable bonds is 6. The Morgan fingerprint density at radius 2 is 2.12 bits per heavy atom. The molecule has 0 radical (unpaired) electrons. The fraction of sp³-hybridized carbons (Fsp3) is 0.600. The average Bonchev–Trinajstić information content (AvgIpc) is 3.26. The van der Waals surface area contributed by atoms with E-state index in [-0.39, 0.29) is 17.9 Å². The second-order valence-electron chi connectivity index (χ2n) is 7.62. The zero-order valence-corrected chi connectivity index (χ0v) is 16.1. The van der Waals surface area contributed by atoms with Gasteiger partial charge in [-0.3, -0.25) is 9.69 Å². The van der Waals surface area contributed by atoms with Gasteiger partial charge in [-0.2, -0.15) is 0 Å². The van der Waals surface area contributed by atoms with E-state index in [4.69, 9.17) is 8.94 Å². The normalized spacial score (nSPS) is 17.6. The molecule has 0 saturated carbocycles. The predicted molar refractivity (Wildman–Crippen MR) is 99.1 cm³/mol. The third kappa shape index (κ3) is 4.01. The maximum atomic E-state index is 12.8. The Balaban J connectivity index is 1.72. The summed E-state index contributed by atoms with van der Waals surface area (Å²) >= 11 is 0. The molecule has 1 aliphatic heterocycles. The van der Waals surface area contributed by atoms with Crippen LogP contribution in [0.1, 0.15) is 73.1 Å². The molecule has 3 rings (SSSR count). The Morgan fingerprint density at radius 3 is 2.73 bits per heavy atom. The molecule has 1 unspecified atom stereocenters. The second kappa shape index (κ2) is 8.08. The van der Waals surface area contributed by atoms with Gasteiger partial charge in [0.15, 0.2) is 5.76 Å². The molecule has 26 heavy (non-hydrogen) atoms. The van der Waals surface area contributed by atoms with Gasteiger partial charge in [0.05, 0.1) is 18.0 Å². The van der Waals surface area contributed by atoms with Gasteiger partial charge < -0.3 is 14.3 Å². The van der Waals surface area contributed by atoms with E-state index in [1.165, 1.54) is 12.8 Å². The van der Waals surface area contributed by atoms with Crippen molar-refractivity contribution in [2.45, 2.75) is 52.5 Å². The number of hydrogen-bond acceptors (Lipinski definition) is 5. The number of piperidine rings is 1. The Morgan fingerprint density at radius 1 is 1.38 bits per heavy atom. The van der Waals surface area contributed by atoms with E-state index in [0.717, 1.165) is 24.8 Å². The number of furan rings is 1. The molecule has 6 nitrogen and oxygen atoms in total. The van der Waals surface area contributed by atoms with Crippen molar-refractivity contribution in [2.24, 2.45) is 5.92 Å². The first kappa shape index (κ1) is 18.7. The highest BCUT2D eigenvalue weighted by molar-refractivity contribution is 5.96. The van der Waals surface area contributed by atoms with Crippen molar-refractivity contribution in [2.75, 3.05) is 19.6 Å². The molecule has 2 aromatic rings. The summed E-state index contributed by atoms with van der Waals surface area (Å²) in [6, 6.07) is 3.93. The zero-order valence-electron chi connectivity index (χ0n) is 16.1. The van der Waals surface area contributed by atoms with E-state index in [2.05, 4.69) is 22.3 Å². The van der Waals surface area contributed by atoms with Crippen molar-refractivity contribution in [3.05, 3.63) is 41.2 Å². The first-order valence-corrected chi connectivity index (χ1v) is 9.49. The van der Waals surface area contributed by atoms with Gasteiger partial charge in [-0.25, -0.2) is 0 Å². The molecule has 0 aliphatic carbocycles. The Bertz CT molecular complexity index is 713. The van der Waals surface area contributed by atoms with Crippen molar-refractivity contribution in [1.29, 1.82) is 0 Å². The quantitative estimate of drug-likeness (QED) is 0.847. The molecule has 1 N–H and O–H groups in total. The number of aromatic nitrogens is 1. The minimum atomic E-state index is -0.130. The van der Waals surface area contributed by atoms with Crippen molar-refractivity contribution >= 4 is 5.91 Å². The predicted octanol–water partition coefficient (Wildman–Crippen LogP) is 3.90. The van der Waals surface area contributed by atoms with Gasteiger partial charge in [-0.05, 0) is 50.9 Å². The molecule has 0 bridgehead atoms. The van der Waals surface area contributed by atoms with Crippen molar-refractivity contribution in [1.82, 2.24) is 15.4 Å². The number of amides is 1. The Hall–Kier alpha value is -2.08. The zero-order chi connectivity index (χ0) is 18.7. The molecule has 0 spiro atoms. The number of nitrogens with zero attached hydrogens (tertiary/aromatic N) is 2. The molecule has 1 aliphatic rings. The molecular formula is C20H29N3O3. The van der Waals surface area contributed by atoms with Crippen molar-refractivity contribution in [3.8, 4) is 0 Å². The summed E-state index contributed by atoms with van der Waals surface area (Å²) in [5.41, 5.74) is 1.19. The molecule has 6 heteroatoms. The first-order valence-electron chi connectivity index (χ1n) is 9.49. The summed E-state index contributed by atoms with van der Waals surface area (Å²) in [4.78, 5) is 15.2. The maximum Gasteiger partial charge on any atom is 0.256 e. The van der Waals surface area contributed by atoms with Crippen LogP contribution < -0.4 is 5.32 Å². The summed E-state index contributed by atoms with van der Waals surface area (Å²) < 4.78 is 11.0. The van der Waals surface area contributed by atoms with Gasteiger partial charge in [0, 0.05) is 12.5 Å². The minimum Gasteiger partial charge on any atom is -0.468 e. The largest absolute Gasteiger partial charge is 0.468 e. The first-order chi connectivity index (χ1) is 12.5. The molecule has 142 valence electrons. The third-order valence-electron chi connectivity index (χ3n) is 5.23. The van der Waals surface area contributed by atoms with Crippen molar-refractivity contribution in [3.63, 3.8) is 0 Å². The van der Waals surface area contributed by atoms with Crippen LogP contribution in [-0.4, -0.2) is 35.6 Å². The lowest BCUT2D eigenvalue weighted by molar-refractivity contribution is 0.0893. The van der Waals surface area contributed by atoms with Crippen LogP contribution >= 0.6 is 0 Å². The number of carbonyl (C=O) groups is 1. The van der Waals surface area contributed by atoms with Gasteiger partial charge in [0.25, 0.3) is 5.91 Å². The van der Waals surface area contributed by atoms with Crippen LogP contribution in [0.5, 0.6) is 0 Å². The Labute approximate surface area is 154 Å². The van der Waals surface area contributed by atoms with Crippen LogP contribution in [0.3, 0.4) is 0 Å². The lowest BCUT2D eigenvalue weighted by Gasteiger charge is -2.35. The van der Waals surface area contributed by atoms with Crippen LogP contribution in [0, 0.1) is 12.8 Å². The highest BCUT2D eigenvalue weighted by Crippen LogP contribution is 2.27. The van der Waals surface area contributed by atoms with Gasteiger partial charge in [-0.1, -0.05) is 25.9 Å². The van der Waals surface area contributed by atoms with E-state index in [0.29, 0.717) is 23.6 Å². The minimum absolute atomic E-state index is 0.0455. The van der Waals surface area contributed by atoms with E-state index in [9.17, 15) is 4.79 Å². The fourth-order valence-electron chi connectivity index (χ4n) is 3.57. The van der Waals surface area contributed by atoms with Crippen LogP contribution in [0.15, 0.2) is 27.3 Å². The van der Waals surface area contributed by atoms with Crippen LogP contribution in [-0.2, 0) is 0 Å². The standard InChI is InChI=1S/C20H29N3O3/c1-13(2)19-18(15(4)22-26-19)20(24)21-12-16(17-6-5-11-25-17)23-9-7-14(3)8-10-23/h5-6,11,13-14,16H,7-10,12H2,1-4H3,(H,21,24). The topological polar surface area (TPSA) is 71.5 Å². The highest BCUT2D eigenvalue weighted by atomic mass is 16.5. The summed E-state index contributed by atoms with van der Waals surface area (Å²) in [5.74, 6) is 2.27. The lowest BCUT2D eigenvalue weighted by atomic mass is 9.97. The van der Waals surface area contributed by atoms with E-state index >= 15 is 0 Å². The number of hydrogen-bond donors (Lipinski definition) is 1. The fourth-order valence-corrected chi connectivity index (χ4v) is 3.57. The number of aryl methyl sites for hydroxylation is 1. The van der Waals surface area contributed by atoms with Crippen LogP contribution in [0.4, 0.5) is 0 Å². The van der Waals surface area contributed by atoms with Crippen molar-refractivity contribution < 1.29 is 13.7 Å². The van der Waals surface area contributed by atoms with E-state index in [1.54, 1.807) is 13.2 Å². The molecule has 3 heterocycles. The molecule has 1 amide bonds. The molecule has 1 fully saturated rings. The SMILES string of the molecule is Cc1noc(C(C)C)c1C(=O)NCC(c1ccco1)N1CCC(C)CC1. The van der Waals surface area contributed by atoms with Gasteiger partial charge in [-0.15, -0.1) is 0 Å². The monoisotopic (exact) mass is 359 g/mol. The summed E-state index contributed by atoms with van der Waals surface area (Å²) in [7, 11) is 0. The third-order valence-corrected chi connectivity index (χ3v) is 5.23. The molecule has 2 aromatic heterocycles. The van der Waals surface area contributed by atoms with Crippen LogP contribution in [0.2, 0.25) is 0 Å². The highest BCUT2D eigenvalue weighted by Gasteiger charge is 2.28. The van der Waals surface area contributed by atoms with Gasteiger partial charge in [0.1, 0.15) is 11.3 Å². The average molecular weight is 359 g/mol. The molecule has 0 aromatic carbocycles. The molecule has 1 atom stereocenters. The second-order valence-corrected chi connectivity index (χ2v) is 7.62.